The van der Waals surface area contributed by atoms with E-state index in [1.54, 1.807) is 0 Å². The molecule has 3 nitrogen and oxygen atoms in total. The minimum atomic E-state index is -5.01. The summed E-state index contributed by atoms with van der Waals surface area (Å²) in [4.78, 5) is 9.08. The molecule has 0 amide bonds. The van der Waals surface area contributed by atoms with E-state index in [4.69, 9.17) is 9.46 Å². The van der Waals surface area contributed by atoms with Gasteiger partial charge in [0.15, 0.2) is 17.4 Å². The SMILES string of the molecule is O=P([O-])(F)[O][Fe].[AlH3].[K+]. The fourth-order valence-electron chi connectivity index (χ4n) is 0. The van der Waals surface area contributed by atoms with Gasteiger partial charge in [-0.25, -0.2) is 0 Å². The number of hydrogen-bond donors (Lipinski definition) is 0. The molecule has 8 heavy (non-hydrogen) atoms. The van der Waals surface area contributed by atoms with Crippen molar-refractivity contribution in [3.8, 4) is 0 Å². The fourth-order valence-corrected chi connectivity index (χ4v) is 0. The minimum Gasteiger partial charge on any atom is 0.187 e. The Balaban J connectivity index is -0.000000125. The molecule has 1 unspecified atom stereocenters. The molecule has 8 heteroatoms. The average molecular weight is 223 g/mol. The summed E-state index contributed by atoms with van der Waals surface area (Å²) in [5.74, 6) is 0. The van der Waals surface area contributed by atoms with Crippen LogP contribution in [0, 0.1) is 0 Å². The maximum absolute atomic E-state index is 10.8. The number of hydrogen-bond acceptors (Lipinski definition) is 3. The maximum Gasteiger partial charge on any atom is 1.00 e. The van der Waals surface area contributed by atoms with Crippen molar-refractivity contribution >= 4 is 25.3 Å². The van der Waals surface area contributed by atoms with Crippen LogP contribution in [0.3, 0.4) is 0 Å². The Morgan fingerprint density at radius 2 is 1.88 bits per heavy atom. The van der Waals surface area contributed by atoms with Gasteiger partial charge >= 0.3 is 92.9 Å². The molecule has 0 radical (unpaired) electrons. The van der Waals surface area contributed by atoms with Crippen LogP contribution in [0.2, 0.25) is 0 Å². The first-order valence-corrected chi connectivity index (χ1v) is 2.75. The predicted molar refractivity (Wildman–Crippen MR) is 19.7 cm³/mol. The molecule has 0 saturated carbocycles. The molecule has 0 saturated heterocycles. The smallest absolute Gasteiger partial charge is 0.187 e. The van der Waals surface area contributed by atoms with Gasteiger partial charge in [0.2, 0.25) is 0 Å². The Hall–Kier alpha value is 2.77. The molecule has 1 atom stereocenters. The van der Waals surface area contributed by atoms with E-state index in [0.717, 1.165) is 0 Å². The first-order valence-electron chi connectivity index (χ1n) is 0.861. The summed E-state index contributed by atoms with van der Waals surface area (Å²) in [5.41, 5.74) is 0. The van der Waals surface area contributed by atoms with Crippen molar-refractivity contribution in [2.24, 2.45) is 0 Å². The second-order valence-corrected chi connectivity index (χ2v) is 2.09. The maximum atomic E-state index is 10.8. The third-order valence-corrected chi connectivity index (χ3v) is 0.954. The first-order chi connectivity index (χ1) is 2.56. The second-order valence-electron chi connectivity index (χ2n) is 0.495. The molecule has 0 aromatic heterocycles. The summed E-state index contributed by atoms with van der Waals surface area (Å²) in [5, 5.41) is 0. The van der Waals surface area contributed by atoms with Crippen molar-refractivity contribution in [1.82, 2.24) is 0 Å². The van der Waals surface area contributed by atoms with E-state index in [1.165, 1.54) is 0 Å². The molecule has 0 aromatic carbocycles. The molecule has 45 valence electrons. The van der Waals surface area contributed by atoms with Crippen molar-refractivity contribution in [2.75, 3.05) is 0 Å². The zero-order chi connectivity index (χ0) is 5.21. The van der Waals surface area contributed by atoms with Crippen LogP contribution in [-0.4, -0.2) is 17.4 Å². The van der Waals surface area contributed by atoms with Gasteiger partial charge in [-0.05, 0) is 0 Å². The van der Waals surface area contributed by atoms with E-state index < -0.39 is 7.91 Å². The van der Waals surface area contributed by atoms with Crippen LogP contribution >= 0.6 is 7.91 Å². The van der Waals surface area contributed by atoms with Gasteiger partial charge in [-0.3, -0.25) is 0 Å². The van der Waals surface area contributed by atoms with Crippen LogP contribution in [0.15, 0.2) is 0 Å². The van der Waals surface area contributed by atoms with E-state index in [1.807, 2.05) is 0 Å². The Morgan fingerprint density at radius 1 is 1.75 bits per heavy atom. The molecule has 0 spiro atoms. The van der Waals surface area contributed by atoms with Gasteiger partial charge < -0.3 is 0 Å². The zero-order valence-corrected chi connectivity index (χ0v) is 8.53. The van der Waals surface area contributed by atoms with Crippen LogP contribution in [0.1, 0.15) is 0 Å². The molecule has 0 aliphatic rings. The van der Waals surface area contributed by atoms with Gasteiger partial charge in [0.1, 0.15) is 0 Å². The van der Waals surface area contributed by atoms with Gasteiger partial charge in [0.25, 0.3) is 0 Å². The van der Waals surface area contributed by atoms with Crippen LogP contribution in [-0.2, 0) is 24.5 Å². The molecule has 0 heterocycles. The minimum absolute atomic E-state index is 0. The van der Waals surface area contributed by atoms with Crippen LogP contribution in [0.4, 0.5) is 4.20 Å². The fraction of sp³-hybridized carbons (Fsp3) is 0. The van der Waals surface area contributed by atoms with Crippen LogP contribution in [0.5, 0.6) is 0 Å². The summed E-state index contributed by atoms with van der Waals surface area (Å²) in [7, 11) is -5.01. The molecule has 0 rings (SSSR count). The van der Waals surface area contributed by atoms with E-state index in [-0.39, 0.29) is 68.7 Å². The first kappa shape index (κ1) is 17.0. The monoisotopic (exact) mass is 223 g/mol. The molecular weight excluding hydrogens is 220 g/mol. The summed E-state index contributed by atoms with van der Waals surface area (Å²) in [6.45, 7) is 0. The van der Waals surface area contributed by atoms with E-state index in [0.29, 0.717) is 0 Å². The molecule has 0 aromatic rings. The summed E-state index contributed by atoms with van der Waals surface area (Å²) >= 11 is 2.31. The molecule has 0 aliphatic heterocycles. The van der Waals surface area contributed by atoms with E-state index in [9.17, 15) is 4.20 Å². The Labute approximate surface area is 108 Å². The zero-order valence-electron chi connectivity index (χ0n) is 3.40. The molecule has 0 fully saturated rings. The normalized spacial score (nSPS) is 14.9. The quantitative estimate of drug-likeness (QED) is 0.334. The summed E-state index contributed by atoms with van der Waals surface area (Å²) in [6.07, 6.45) is 0. The summed E-state index contributed by atoms with van der Waals surface area (Å²) < 4.78 is 22.9. The van der Waals surface area contributed by atoms with Crippen molar-refractivity contribution in [3.63, 3.8) is 0 Å². The Kier molecular flexibility index (Phi) is 16.8. The molecule has 0 bridgehead atoms. The van der Waals surface area contributed by atoms with Crippen molar-refractivity contribution < 1.29 is 85.0 Å². The van der Waals surface area contributed by atoms with Gasteiger partial charge in [-0.1, -0.05) is 0 Å². The van der Waals surface area contributed by atoms with Gasteiger partial charge in [0.05, 0.1) is 0 Å². The largest absolute Gasteiger partial charge is 1.00 e. The Bertz CT molecular complexity index is 83.4. The second kappa shape index (κ2) is 7.87. The standard InChI is InChI=1S/Al.FH2O3P.Fe.K.3H/c;1-5(2,3)4;;;;;/h;(H2,2,3,4);;;;;/q;;2*+1;;;/p-2. The molecular formula is H3AlFFeKO3P. The van der Waals surface area contributed by atoms with Gasteiger partial charge in [-0.15, -0.1) is 0 Å². The van der Waals surface area contributed by atoms with Gasteiger partial charge in [0, 0.05) is 0 Å². The van der Waals surface area contributed by atoms with Crippen LogP contribution in [0.25, 0.3) is 0 Å². The van der Waals surface area contributed by atoms with Crippen molar-refractivity contribution in [3.05, 3.63) is 0 Å². The third kappa shape index (κ3) is 15.9. The van der Waals surface area contributed by atoms with Gasteiger partial charge in [-0.2, -0.15) is 0 Å². The number of halogens is 1. The van der Waals surface area contributed by atoms with E-state index >= 15 is 0 Å². The van der Waals surface area contributed by atoms with Crippen molar-refractivity contribution in [1.29, 1.82) is 0 Å². The Morgan fingerprint density at radius 3 is 1.88 bits per heavy atom. The average Bonchev–Trinajstić information content (AvgIpc) is 1.35. The van der Waals surface area contributed by atoms with E-state index in [2.05, 4.69) is 19.9 Å². The third-order valence-electron chi connectivity index (χ3n) is 0.0771. The predicted octanol–water partition coefficient (Wildman–Crippen LogP) is -4.28. The summed E-state index contributed by atoms with van der Waals surface area (Å²) in [6, 6.07) is 0. The van der Waals surface area contributed by atoms with Crippen molar-refractivity contribution in [2.45, 2.75) is 0 Å². The molecule has 0 aliphatic carbocycles. The number of rotatable bonds is 1. The topological polar surface area (TPSA) is 49.4 Å². The van der Waals surface area contributed by atoms with Crippen LogP contribution < -0.4 is 56.3 Å². The molecule has 0 N–H and O–H groups in total.